The van der Waals surface area contributed by atoms with Gasteiger partial charge in [0.15, 0.2) is 0 Å². The first-order valence-electron chi connectivity index (χ1n) is 11.0. The van der Waals surface area contributed by atoms with Crippen LogP contribution in [0.4, 0.5) is 0 Å². The van der Waals surface area contributed by atoms with Gasteiger partial charge in [0.25, 0.3) is 0 Å². The van der Waals surface area contributed by atoms with Gasteiger partial charge in [0.2, 0.25) is 5.91 Å². The zero-order chi connectivity index (χ0) is 18.2. The lowest BCUT2D eigenvalue weighted by atomic mass is 9.93. The van der Waals surface area contributed by atoms with Crippen LogP contribution >= 0.6 is 0 Å². The highest BCUT2D eigenvalue weighted by Crippen LogP contribution is 2.28. The van der Waals surface area contributed by atoms with Gasteiger partial charge in [0, 0.05) is 19.5 Å². The molecule has 0 bridgehead atoms. The lowest BCUT2D eigenvalue weighted by molar-refractivity contribution is -0.126. The van der Waals surface area contributed by atoms with E-state index in [4.69, 9.17) is 9.47 Å². The van der Waals surface area contributed by atoms with Crippen molar-refractivity contribution in [3.8, 4) is 0 Å². The van der Waals surface area contributed by atoms with Crippen molar-refractivity contribution in [2.45, 2.75) is 88.9 Å². The molecule has 0 radical (unpaired) electrons. The number of ether oxygens (including phenoxy) is 2. The standard InChI is InChI=1S/C21H38N2O3/c1-22-21(24)17-11-13-23(14-12-17)15-16-25-18-7-9-20(10-8-18)26-19-5-3-2-4-6-19/h17-20H,2-16H2,1H3,(H,22,24). The van der Waals surface area contributed by atoms with Crippen LogP contribution in [0.25, 0.3) is 0 Å². The molecule has 5 heteroatoms. The van der Waals surface area contributed by atoms with Crippen LogP contribution in [0, 0.1) is 5.92 Å². The average Bonchev–Trinajstić information content (AvgIpc) is 2.70. The van der Waals surface area contributed by atoms with Gasteiger partial charge < -0.3 is 19.7 Å². The summed E-state index contributed by atoms with van der Waals surface area (Å²) in [4.78, 5) is 14.1. The van der Waals surface area contributed by atoms with Crippen LogP contribution in [0.15, 0.2) is 0 Å². The van der Waals surface area contributed by atoms with Gasteiger partial charge >= 0.3 is 0 Å². The van der Waals surface area contributed by atoms with Gasteiger partial charge in [-0.1, -0.05) is 19.3 Å². The number of carbonyl (C=O) groups excluding carboxylic acids is 1. The molecule has 2 saturated carbocycles. The molecule has 3 rings (SSSR count). The number of piperidine rings is 1. The fourth-order valence-corrected chi connectivity index (χ4v) is 4.78. The Hall–Kier alpha value is -0.650. The van der Waals surface area contributed by atoms with Gasteiger partial charge in [0.1, 0.15) is 0 Å². The highest BCUT2D eigenvalue weighted by molar-refractivity contribution is 5.78. The Morgan fingerprint density at radius 2 is 1.50 bits per heavy atom. The molecule has 0 atom stereocenters. The van der Waals surface area contributed by atoms with Crippen molar-refractivity contribution >= 4 is 5.91 Å². The van der Waals surface area contributed by atoms with E-state index >= 15 is 0 Å². The maximum absolute atomic E-state index is 11.7. The maximum Gasteiger partial charge on any atom is 0.222 e. The minimum atomic E-state index is 0.202. The molecule has 150 valence electrons. The molecule has 1 amide bonds. The predicted octanol–water partition coefficient (Wildman–Crippen LogP) is 3.12. The van der Waals surface area contributed by atoms with Gasteiger partial charge in [-0.05, 0) is 64.5 Å². The van der Waals surface area contributed by atoms with E-state index in [0.29, 0.717) is 18.3 Å². The Balaban J connectivity index is 1.24. The number of nitrogens with one attached hydrogen (secondary N) is 1. The fourth-order valence-electron chi connectivity index (χ4n) is 4.78. The summed E-state index contributed by atoms with van der Waals surface area (Å²) in [7, 11) is 1.73. The predicted molar refractivity (Wildman–Crippen MR) is 103 cm³/mol. The SMILES string of the molecule is CNC(=O)C1CCN(CCOC2CCC(OC3CCCCC3)CC2)CC1. The Morgan fingerprint density at radius 1 is 0.885 bits per heavy atom. The Labute approximate surface area is 159 Å². The molecular weight excluding hydrogens is 328 g/mol. The van der Waals surface area contributed by atoms with Crippen molar-refractivity contribution in [1.29, 1.82) is 0 Å². The second-order valence-corrected chi connectivity index (χ2v) is 8.40. The summed E-state index contributed by atoms with van der Waals surface area (Å²) in [6.07, 6.45) is 14.6. The van der Waals surface area contributed by atoms with Crippen LogP contribution in [0.5, 0.6) is 0 Å². The van der Waals surface area contributed by atoms with Crippen LogP contribution in [0.2, 0.25) is 0 Å². The maximum atomic E-state index is 11.7. The van der Waals surface area contributed by atoms with E-state index in [1.54, 1.807) is 7.05 Å². The number of hydrogen-bond acceptors (Lipinski definition) is 4. The first kappa shape index (κ1) is 20.1. The quantitative estimate of drug-likeness (QED) is 0.752. The fraction of sp³-hybridized carbons (Fsp3) is 0.952. The molecule has 2 aliphatic carbocycles. The van der Waals surface area contributed by atoms with Gasteiger partial charge in [-0.25, -0.2) is 0 Å². The molecule has 0 aromatic rings. The van der Waals surface area contributed by atoms with Crippen molar-refractivity contribution in [1.82, 2.24) is 10.2 Å². The molecule has 1 aliphatic heterocycles. The van der Waals surface area contributed by atoms with E-state index in [9.17, 15) is 4.79 Å². The molecule has 0 spiro atoms. The third kappa shape index (κ3) is 6.21. The van der Waals surface area contributed by atoms with Crippen LogP contribution in [0.3, 0.4) is 0 Å². The number of rotatable bonds is 7. The average molecular weight is 367 g/mol. The molecule has 1 saturated heterocycles. The summed E-state index contributed by atoms with van der Waals surface area (Å²) < 4.78 is 12.5. The summed E-state index contributed by atoms with van der Waals surface area (Å²) in [5, 5.41) is 2.77. The molecule has 0 aromatic carbocycles. The van der Waals surface area contributed by atoms with E-state index in [1.165, 1.54) is 44.9 Å². The molecule has 3 fully saturated rings. The van der Waals surface area contributed by atoms with Crippen LogP contribution in [-0.4, -0.2) is 62.4 Å². The monoisotopic (exact) mass is 366 g/mol. The lowest BCUT2D eigenvalue weighted by Gasteiger charge is -2.34. The van der Waals surface area contributed by atoms with Crippen molar-refractivity contribution in [3.05, 3.63) is 0 Å². The first-order chi connectivity index (χ1) is 12.7. The third-order valence-electron chi connectivity index (χ3n) is 6.52. The molecule has 0 aromatic heterocycles. The van der Waals surface area contributed by atoms with Crippen molar-refractivity contribution < 1.29 is 14.3 Å². The Kier molecular flexibility index (Phi) is 8.21. The van der Waals surface area contributed by atoms with Gasteiger partial charge in [0.05, 0.1) is 24.9 Å². The Morgan fingerprint density at radius 3 is 2.15 bits per heavy atom. The minimum Gasteiger partial charge on any atom is -0.377 e. The van der Waals surface area contributed by atoms with Crippen LogP contribution in [0.1, 0.15) is 70.6 Å². The van der Waals surface area contributed by atoms with Crippen molar-refractivity contribution in [2.24, 2.45) is 5.92 Å². The highest BCUT2D eigenvalue weighted by atomic mass is 16.5. The molecule has 3 aliphatic rings. The number of amides is 1. The molecular formula is C21H38N2O3. The van der Waals surface area contributed by atoms with Crippen LogP contribution < -0.4 is 5.32 Å². The Bertz CT molecular complexity index is 409. The first-order valence-corrected chi connectivity index (χ1v) is 11.0. The molecule has 5 nitrogen and oxygen atoms in total. The normalized spacial score (nSPS) is 29.6. The molecule has 1 N–H and O–H groups in total. The van der Waals surface area contributed by atoms with Crippen molar-refractivity contribution in [2.75, 3.05) is 33.3 Å². The van der Waals surface area contributed by atoms with Gasteiger partial charge in [-0.2, -0.15) is 0 Å². The second-order valence-electron chi connectivity index (χ2n) is 8.40. The third-order valence-corrected chi connectivity index (χ3v) is 6.52. The second kappa shape index (κ2) is 10.6. The summed E-state index contributed by atoms with van der Waals surface area (Å²) in [6, 6.07) is 0. The van der Waals surface area contributed by atoms with Crippen LogP contribution in [-0.2, 0) is 14.3 Å². The molecule has 26 heavy (non-hydrogen) atoms. The van der Waals surface area contributed by atoms with Gasteiger partial charge in [-0.15, -0.1) is 0 Å². The number of carbonyl (C=O) groups is 1. The number of likely N-dealkylation sites (tertiary alicyclic amines) is 1. The van der Waals surface area contributed by atoms with E-state index in [2.05, 4.69) is 10.2 Å². The van der Waals surface area contributed by atoms with E-state index < -0.39 is 0 Å². The highest BCUT2D eigenvalue weighted by Gasteiger charge is 2.26. The van der Waals surface area contributed by atoms with E-state index in [0.717, 1.165) is 51.9 Å². The summed E-state index contributed by atoms with van der Waals surface area (Å²) in [5.74, 6) is 0.407. The van der Waals surface area contributed by atoms with Gasteiger partial charge in [-0.3, -0.25) is 4.79 Å². The minimum absolute atomic E-state index is 0.202. The van der Waals surface area contributed by atoms with E-state index in [-0.39, 0.29) is 11.8 Å². The lowest BCUT2D eigenvalue weighted by Crippen LogP contribution is -2.41. The van der Waals surface area contributed by atoms with E-state index in [1.807, 2.05) is 0 Å². The molecule has 1 heterocycles. The zero-order valence-corrected chi connectivity index (χ0v) is 16.6. The number of nitrogens with zero attached hydrogens (tertiary/aromatic N) is 1. The molecule has 0 unspecified atom stereocenters. The summed E-state index contributed by atoms with van der Waals surface area (Å²) in [6.45, 7) is 3.86. The largest absolute Gasteiger partial charge is 0.377 e. The number of hydrogen-bond donors (Lipinski definition) is 1. The smallest absolute Gasteiger partial charge is 0.222 e. The summed E-state index contributed by atoms with van der Waals surface area (Å²) in [5.41, 5.74) is 0. The van der Waals surface area contributed by atoms with Crippen molar-refractivity contribution in [3.63, 3.8) is 0 Å². The topological polar surface area (TPSA) is 50.8 Å². The summed E-state index contributed by atoms with van der Waals surface area (Å²) >= 11 is 0. The zero-order valence-electron chi connectivity index (χ0n) is 16.6.